The summed E-state index contributed by atoms with van der Waals surface area (Å²) in [5, 5.41) is 3.50. The first kappa shape index (κ1) is 9.66. The van der Waals surface area contributed by atoms with Crippen molar-refractivity contribution in [3.63, 3.8) is 0 Å². The highest BCUT2D eigenvalue weighted by molar-refractivity contribution is 5.53. The number of aromatic nitrogens is 2. The average molecular weight is 216 g/mol. The normalized spacial score (nSPS) is 21.4. The van der Waals surface area contributed by atoms with Gasteiger partial charge >= 0.3 is 0 Å². The maximum absolute atomic E-state index is 6.00. The molecule has 1 aliphatic rings. The van der Waals surface area contributed by atoms with Crippen molar-refractivity contribution in [2.45, 2.75) is 25.3 Å². The number of piperidine rings is 1. The van der Waals surface area contributed by atoms with Crippen molar-refractivity contribution in [3.8, 4) is 0 Å². The van der Waals surface area contributed by atoms with Crippen molar-refractivity contribution >= 4 is 11.3 Å². The van der Waals surface area contributed by atoms with Crippen molar-refractivity contribution in [3.05, 3.63) is 30.2 Å². The van der Waals surface area contributed by atoms with Gasteiger partial charge in [-0.3, -0.25) is 4.40 Å². The number of anilines is 1. The third-order valence-corrected chi connectivity index (χ3v) is 3.23. The lowest BCUT2D eigenvalue weighted by Crippen LogP contribution is -2.28. The van der Waals surface area contributed by atoms with E-state index in [0.717, 1.165) is 30.1 Å². The van der Waals surface area contributed by atoms with Crippen LogP contribution in [0.1, 0.15) is 31.1 Å². The van der Waals surface area contributed by atoms with E-state index in [4.69, 9.17) is 5.73 Å². The maximum atomic E-state index is 6.00. The highest BCUT2D eigenvalue weighted by atomic mass is 15.1. The van der Waals surface area contributed by atoms with Gasteiger partial charge in [0.15, 0.2) is 0 Å². The summed E-state index contributed by atoms with van der Waals surface area (Å²) >= 11 is 0. The molecule has 3 heterocycles. The van der Waals surface area contributed by atoms with Crippen LogP contribution in [0, 0.1) is 0 Å². The average Bonchev–Trinajstić information content (AvgIpc) is 2.75. The lowest BCUT2D eigenvalue weighted by molar-refractivity contribution is 0.397. The zero-order valence-electron chi connectivity index (χ0n) is 9.19. The number of hydrogen-bond acceptors (Lipinski definition) is 3. The van der Waals surface area contributed by atoms with Gasteiger partial charge in [-0.2, -0.15) is 0 Å². The summed E-state index contributed by atoms with van der Waals surface area (Å²) in [6, 6.07) is 6.27. The van der Waals surface area contributed by atoms with Gasteiger partial charge in [-0.15, -0.1) is 0 Å². The van der Waals surface area contributed by atoms with Crippen LogP contribution in [-0.2, 0) is 0 Å². The van der Waals surface area contributed by atoms with E-state index >= 15 is 0 Å². The lowest BCUT2D eigenvalue weighted by Gasteiger charge is -2.22. The van der Waals surface area contributed by atoms with E-state index in [0.29, 0.717) is 6.04 Å². The molecule has 4 nitrogen and oxygen atoms in total. The zero-order valence-corrected chi connectivity index (χ0v) is 9.19. The molecule has 0 aliphatic carbocycles. The Morgan fingerprint density at radius 2 is 2.31 bits per heavy atom. The Labute approximate surface area is 94.5 Å². The van der Waals surface area contributed by atoms with Crippen LogP contribution in [0.5, 0.6) is 0 Å². The first-order valence-electron chi connectivity index (χ1n) is 5.81. The second-order valence-electron chi connectivity index (χ2n) is 4.33. The fourth-order valence-corrected chi connectivity index (χ4v) is 2.42. The number of pyridine rings is 1. The van der Waals surface area contributed by atoms with Gasteiger partial charge in [0.2, 0.25) is 0 Å². The summed E-state index contributed by atoms with van der Waals surface area (Å²) in [7, 11) is 0. The molecule has 2 aromatic rings. The number of fused-ring (bicyclic) bond motifs is 1. The van der Waals surface area contributed by atoms with Gasteiger partial charge in [0, 0.05) is 0 Å². The van der Waals surface area contributed by atoms with Crippen LogP contribution in [0.3, 0.4) is 0 Å². The van der Waals surface area contributed by atoms with Gasteiger partial charge in [0.1, 0.15) is 11.6 Å². The first-order valence-corrected chi connectivity index (χ1v) is 5.81. The third kappa shape index (κ3) is 1.46. The van der Waals surface area contributed by atoms with Crippen molar-refractivity contribution in [2.75, 3.05) is 12.3 Å². The van der Waals surface area contributed by atoms with E-state index in [2.05, 4.69) is 10.3 Å². The van der Waals surface area contributed by atoms with Gasteiger partial charge in [0.05, 0.1) is 17.8 Å². The molecule has 0 aromatic carbocycles. The molecule has 4 heteroatoms. The summed E-state index contributed by atoms with van der Waals surface area (Å²) in [4.78, 5) is 4.50. The van der Waals surface area contributed by atoms with Gasteiger partial charge in [-0.25, -0.2) is 4.98 Å². The maximum Gasteiger partial charge on any atom is 0.132 e. The summed E-state index contributed by atoms with van der Waals surface area (Å²) in [6.07, 6.45) is 5.56. The number of rotatable bonds is 1. The SMILES string of the molecule is Nc1cccc2cnc(C3CCCCN3)n12. The third-order valence-electron chi connectivity index (χ3n) is 3.23. The summed E-state index contributed by atoms with van der Waals surface area (Å²) in [5.41, 5.74) is 7.07. The molecule has 1 fully saturated rings. The molecule has 0 radical (unpaired) electrons. The smallest absolute Gasteiger partial charge is 0.132 e. The quantitative estimate of drug-likeness (QED) is 0.763. The molecule has 2 aromatic heterocycles. The molecule has 0 amide bonds. The van der Waals surface area contributed by atoms with Crippen molar-refractivity contribution in [1.82, 2.24) is 14.7 Å². The Hall–Kier alpha value is -1.55. The number of nitrogens with two attached hydrogens (primary N) is 1. The molecule has 0 saturated carbocycles. The van der Waals surface area contributed by atoms with Crippen LogP contribution < -0.4 is 11.1 Å². The van der Waals surface area contributed by atoms with Crippen LogP contribution in [0.15, 0.2) is 24.4 Å². The Morgan fingerprint density at radius 1 is 1.38 bits per heavy atom. The molecule has 1 unspecified atom stereocenters. The Morgan fingerprint density at radius 3 is 3.12 bits per heavy atom. The molecular formula is C12H16N4. The molecule has 84 valence electrons. The Bertz CT molecular complexity index is 497. The highest BCUT2D eigenvalue weighted by Crippen LogP contribution is 2.24. The van der Waals surface area contributed by atoms with Gasteiger partial charge < -0.3 is 11.1 Å². The summed E-state index contributed by atoms with van der Waals surface area (Å²) < 4.78 is 2.04. The van der Waals surface area contributed by atoms with Crippen LogP contribution in [-0.4, -0.2) is 15.9 Å². The fourth-order valence-electron chi connectivity index (χ4n) is 2.42. The van der Waals surface area contributed by atoms with Gasteiger partial charge in [-0.05, 0) is 31.5 Å². The number of nitrogens with zero attached hydrogens (tertiary/aromatic N) is 2. The molecule has 3 rings (SSSR count). The summed E-state index contributed by atoms with van der Waals surface area (Å²) in [5.74, 6) is 1.81. The minimum absolute atomic E-state index is 0.348. The fraction of sp³-hybridized carbons (Fsp3) is 0.417. The monoisotopic (exact) mass is 216 g/mol. The second-order valence-corrected chi connectivity index (χ2v) is 4.33. The predicted molar refractivity (Wildman–Crippen MR) is 64.2 cm³/mol. The number of nitrogen functional groups attached to an aromatic ring is 1. The molecule has 1 atom stereocenters. The van der Waals surface area contributed by atoms with Crippen LogP contribution >= 0.6 is 0 Å². The minimum atomic E-state index is 0.348. The van der Waals surface area contributed by atoms with E-state index in [-0.39, 0.29) is 0 Å². The molecule has 3 N–H and O–H groups in total. The van der Waals surface area contributed by atoms with E-state index in [1.165, 1.54) is 12.8 Å². The molecular weight excluding hydrogens is 200 g/mol. The van der Waals surface area contributed by atoms with E-state index in [1.807, 2.05) is 28.8 Å². The topological polar surface area (TPSA) is 55.3 Å². The number of imidazole rings is 1. The molecule has 1 aliphatic heterocycles. The van der Waals surface area contributed by atoms with Crippen LogP contribution in [0.25, 0.3) is 5.52 Å². The first-order chi connectivity index (χ1) is 7.86. The van der Waals surface area contributed by atoms with E-state index < -0.39 is 0 Å². The molecule has 16 heavy (non-hydrogen) atoms. The Kier molecular flexibility index (Phi) is 2.29. The predicted octanol–water partition coefficient (Wildman–Crippen LogP) is 1.73. The van der Waals surface area contributed by atoms with E-state index in [9.17, 15) is 0 Å². The molecule has 1 saturated heterocycles. The van der Waals surface area contributed by atoms with Crippen molar-refractivity contribution in [2.24, 2.45) is 0 Å². The van der Waals surface area contributed by atoms with E-state index in [1.54, 1.807) is 0 Å². The second kappa shape index (κ2) is 3.79. The number of nitrogens with one attached hydrogen (secondary N) is 1. The van der Waals surface area contributed by atoms with Crippen molar-refractivity contribution in [1.29, 1.82) is 0 Å². The van der Waals surface area contributed by atoms with Crippen LogP contribution in [0.4, 0.5) is 5.82 Å². The van der Waals surface area contributed by atoms with Gasteiger partial charge in [-0.1, -0.05) is 12.5 Å². The van der Waals surface area contributed by atoms with Gasteiger partial charge in [0.25, 0.3) is 0 Å². The van der Waals surface area contributed by atoms with Crippen molar-refractivity contribution < 1.29 is 0 Å². The zero-order chi connectivity index (χ0) is 11.0. The number of hydrogen-bond donors (Lipinski definition) is 2. The standard InChI is InChI=1S/C12H16N4/c13-11-6-3-4-9-8-15-12(16(9)11)10-5-1-2-7-14-10/h3-4,6,8,10,14H,1-2,5,7,13H2. The molecule has 0 spiro atoms. The highest BCUT2D eigenvalue weighted by Gasteiger charge is 2.19. The molecule has 0 bridgehead atoms. The van der Waals surface area contributed by atoms with Crippen LogP contribution in [0.2, 0.25) is 0 Å². The lowest BCUT2D eigenvalue weighted by atomic mass is 10.0. The summed E-state index contributed by atoms with van der Waals surface area (Å²) in [6.45, 7) is 1.08. The Balaban J connectivity index is 2.09. The minimum Gasteiger partial charge on any atom is -0.385 e. The largest absolute Gasteiger partial charge is 0.385 e.